The second-order valence-electron chi connectivity index (χ2n) is 9.47. The van der Waals surface area contributed by atoms with Crippen LogP contribution in [-0.2, 0) is 11.3 Å². The molecule has 0 bridgehead atoms. The van der Waals surface area contributed by atoms with Crippen molar-refractivity contribution in [2.75, 3.05) is 10.6 Å². The van der Waals surface area contributed by atoms with Crippen molar-refractivity contribution in [2.24, 2.45) is 5.92 Å². The van der Waals surface area contributed by atoms with Gasteiger partial charge in [-0.05, 0) is 47.1 Å². The Hall–Kier alpha value is -4.10. The monoisotopic (exact) mass is 505 g/mol. The summed E-state index contributed by atoms with van der Waals surface area (Å²) in [6, 6.07) is 27.8. The molecule has 1 amide bonds. The normalized spacial score (nSPS) is 16.5. The van der Waals surface area contributed by atoms with Gasteiger partial charge in [0.15, 0.2) is 5.65 Å². The first-order chi connectivity index (χ1) is 18.1. The number of halogens is 1. The molecule has 2 atom stereocenters. The third-order valence-corrected chi connectivity index (χ3v) is 7.15. The molecule has 6 nitrogen and oxygen atoms in total. The molecule has 2 aromatic heterocycles. The van der Waals surface area contributed by atoms with Gasteiger partial charge in [-0.15, -0.1) is 0 Å². The first-order valence-electron chi connectivity index (χ1n) is 12.4. The Morgan fingerprint density at radius 1 is 1.03 bits per heavy atom. The number of nitrogens with zero attached hydrogens (tertiary/aromatic N) is 3. The van der Waals surface area contributed by atoms with Gasteiger partial charge in [-0.1, -0.05) is 72.3 Å². The summed E-state index contributed by atoms with van der Waals surface area (Å²) in [6.45, 7) is 0.555. The van der Waals surface area contributed by atoms with E-state index in [4.69, 9.17) is 16.6 Å². The molecule has 2 N–H and O–H groups in total. The van der Waals surface area contributed by atoms with E-state index in [0.29, 0.717) is 17.5 Å². The summed E-state index contributed by atoms with van der Waals surface area (Å²) in [5.74, 6) is 1.22. The van der Waals surface area contributed by atoms with Crippen LogP contribution >= 0.6 is 11.6 Å². The van der Waals surface area contributed by atoms with Gasteiger partial charge in [0.25, 0.3) is 0 Å². The van der Waals surface area contributed by atoms with Gasteiger partial charge < -0.3 is 10.6 Å². The van der Waals surface area contributed by atoms with Gasteiger partial charge in [-0.2, -0.15) is 9.61 Å². The second kappa shape index (κ2) is 9.75. The highest BCUT2D eigenvalue weighted by atomic mass is 35.5. The molecule has 0 aliphatic heterocycles. The van der Waals surface area contributed by atoms with Crippen LogP contribution in [0.2, 0.25) is 5.02 Å². The van der Waals surface area contributed by atoms with Crippen molar-refractivity contribution in [1.29, 1.82) is 0 Å². The van der Waals surface area contributed by atoms with E-state index in [1.54, 1.807) is 10.7 Å². The highest BCUT2D eigenvalue weighted by molar-refractivity contribution is 6.36. The zero-order chi connectivity index (χ0) is 25.4. The number of carbonyl (C=O) groups excluding carboxylic acids is 1. The lowest BCUT2D eigenvalue weighted by Gasteiger charge is -2.13. The summed E-state index contributed by atoms with van der Waals surface area (Å²) in [4.78, 5) is 17.6. The number of carbonyl (C=O) groups is 1. The number of fused-ring (bicyclic) bond motifs is 1. The van der Waals surface area contributed by atoms with E-state index in [9.17, 15) is 4.79 Å². The molecule has 6 rings (SSSR count). The van der Waals surface area contributed by atoms with Crippen molar-refractivity contribution in [3.05, 3.63) is 107 Å². The van der Waals surface area contributed by atoms with Gasteiger partial charge in [-0.3, -0.25) is 4.79 Å². The van der Waals surface area contributed by atoms with Crippen LogP contribution in [0.4, 0.5) is 11.5 Å². The zero-order valence-corrected chi connectivity index (χ0v) is 21.1. The summed E-state index contributed by atoms with van der Waals surface area (Å²) in [7, 11) is 1.99. The standard InChI is InChI=1S/C29H25BClN5O/c30-24-17-33-36-27(15-26(35-28(24)36)21-11-4-5-12-25(21)31)32-16-18-7-6-10-20(13-18)34-29(37)23-14-22(23)19-8-2-1-3-9-19/h1-13,15,17,22-23,32H,14,16,30H2,(H,34,37)/t22-,23+/m0/s1. The van der Waals surface area contributed by atoms with Crippen LogP contribution in [0, 0.1) is 5.92 Å². The maximum Gasteiger partial charge on any atom is 0.228 e. The minimum atomic E-state index is 0.0283. The Bertz CT molecular complexity index is 1600. The first kappa shape index (κ1) is 23.3. The molecule has 0 unspecified atom stereocenters. The maximum absolute atomic E-state index is 12.8. The van der Waals surface area contributed by atoms with Gasteiger partial charge in [-0.25, -0.2) is 4.98 Å². The van der Waals surface area contributed by atoms with E-state index in [-0.39, 0.29) is 11.8 Å². The van der Waals surface area contributed by atoms with E-state index < -0.39 is 0 Å². The summed E-state index contributed by atoms with van der Waals surface area (Å²) in [5, 5.41) is 11.8. The van der Waals surface area contributed by atoms with Crippen LogP contribution in [0.5, 0.6) is 0 Å². The quantitative estimate of drug-likeness (QED) is 0.316. The van der Waals surface area contributed by atoms with Crippen LogP contribution in [-0.4, -0.2) is 28.4 Å². The van der Waals surface area contributed by atoms with Crippen LogP contribution < -0.4 is 16.1 Å². The molecule has 37 heavy (non-hydrogen) atoms. The summed E-state index contributed by atoms with van der Waals surface area (Å²) in [5.41, 5.74) is 6.48. The molecule has 5 aromatic rings. The van der Waals surface area contributed by atoms with E-state index in [1.807, 2.05) is 80.6 Å². The summed E-state index contributed by atoms with van der Waals surface area (Å²) >= 11 is 6.46. The third kappa shape index (κ3) is 4.82. The number of nitrogens with one attached hydrogen (secondary N) is 2. The molecule has 8 heteroatoms. The van der Waals surface area contributed by atoms with Gasteiger partial charge in [0.05, 0.1) is 5.69 Å². The van der Waals surface area contributed by atoms with Gasteiger partial charge in [0, 0.05) is 41.0 Å². The predicted octanol–water partition coefficient (Wildman–Crippen LogP) is 4.66. The molecule has 0 saturated heterocycles. The lowest BCUT2D eigenvalue weighted by molar-refractivity contribution is -0.117. The number of amides is 1. The summed E-state index contributed by atoms with van der Waals surface area (Å²) in [6.07, 6.45) is 2.70. The van der Waals surface area contributed by atoms with Crippen molar-refractivity contribution in [2.45, 2.75) is 18.9 Å². The topological polar surface area (TPSA) is 71.3 Å². The molecule has 1 saturated carbocycles. The third-order valence-electron chi connectivity index (χ3n) is 6.82. The molecular formula is C29H25BClN5O. The highest BCUT2D eigenvalue weighted by Gasteiger charge is 2.43. The number of benzene rings is 3. The molecule has 182 valence electrons. The molecule has 0 spiro atoms. The minimum Gasteiger partial charge on any atom is -0.366 e. The molecule has 0 radical (unpaired) electrons. The van der Waals surface area contributed by atoms with Crippen LogP contribution in [0.15, 0.2) is 91.1 Å². The molecule has 2 heterocycles. The van der Waals surface area contributed by atoms with E-state index in [0.717, 1.165) is 45.9 Å². The average Bonchev–Trinajstić information content (AvgIpc) is 3.65. The Labute approximate surface area is 221 Å². The van der Waals surface area contributed by atoms with Crippen molar-refractivity contribution in [3.8, 4) is 11.3 Å². The van der Waals surface area contributed by atoms with Gasteiger partial charge >= 0.3 is 0 Å². The van der Waals surface area contributed by atoms with E-state index in [1.165, 1.54) is 5.56 Å². The largest absolute Gasteiger partial charge is 0.366 e. The predicted molar refractivity (Wildman–Crippen MR) is 151 cm³/mol. The number of hydrogen-bond acceptors (Lipinski definition) is 4. The maximum atomic E-state index is 12.8. The number of aromatic nitrogens is 3. The Morgan fingerprint density at radius 3 is 2.68 bits per heavy atom. The van der Waals surface area contributed by atoms with E-state index in [2.05, 4.69) is 27.9 Å². The van der Waals surface area contributed by atoms with Crippen molar-refractivity contribution < 1.29 is 4.79 Å². The van der Waals surface area contributed by atoms with Crippen LogP contribution in [0.3, 0.4) is 0 Å². The molecule has 1 aliphatic rings. The van der Waals surface area contributed by atoms with Crippen molar-refractivity contribution in [1.82, 2.24) is 14.6 Å². The molecule has 1 aliphatic carbocycles. The van der Waals surface area contributed by atoms with Crippen molar-refractivity contribution in [3.63, 3.8) is 0 Å². The fourth-order valence-electron chi connectivity index (χ4n) is 4.75. The van der Waals surface area contributed by atoms with Crippen LogP contribution in [0.1, 0.15) is 23.5 Å². The first-order valence-corrected chi connectivity index (χ1v) is 12.7. The second-order valence-corrected chi connectivity index (χ2v) is 9.88. The van der Waals surface area contributed by atoms with Gasteiger partial charge in [0.2, 0.25) is 5.91 Å². The molecular weight excluding hydrogens is 481 g/mol. The highest BCUT2D eigenvalue weighted by Crippen LogP contribution is 2.47. The fraction of sp³-hybridized carbons (Fsp3) is 0.138. The lowest BCUT2D eigenvalue weighted by atomic mass is 10.0. The Kier molecular flexibility index (Phi) is 6.14. The average molecular weight is 506 g/mol. The van der Waals surface area contributed by atoms with Gasteiger partial charge in [0.1, 0.15) is 13.7 Å². The van der Waals surface area contributed by atoms with Crippen LogP contribution in [0.25, 0.3) is 16.9 Å². The Morgan fingerprint density at radius 2 is 1.84 bits per heavy atom. The fourth-order valence-corrected chi connectivity index (χ4v) is 4.98. The number of rotatable bonds is 7. The lowest BCUT2D eigenvalue weighted by Crippen LogP contribution is -2.15. The number of hydrogen-bond donors (Lipinski definition) is 2. The Balaban J connectivity index is 1.18. The van der Waals surface area contributed by atoms with Crippen molar-refractivity contribution >= 4 is 48.0 Å². The molecule has 1 fully saturated rings. The zero-order valence-electron chi connectivity index (χ0n) is 20.4. The molecule has 3 aromatic carbocycles. The smallest absolute Gasteiger partial charge is 0.228 e. The SMILES string of the molecule is Bc1cnn2c(NCc3cccc(NC(=O)[C@@H]4C[C@H]4c4ccccc4)c3)cc(-c3ccccc3Cl)nc12. The minimum absolute atomic E-state index is 0.0283. The number of anilines is 2. The van der Waals surface area contributed by atoms with E-state index >= 15 is 0 Å². The summed E-state index contributed by atoms with van der Waals surface area (Å²) < 4.78 is 1.80.